The Morgan fingerprint density at radius 3 is 2.29 bits per heavy atom. The summed E-state index contributed by atoms with van der Waals surface area (Å²) in [4.78, 5) is 11.9. The van der Waals surface area contributed by atoms with Crippen molar-refractivity contribution in [3.8, 4) is 5.75 Å². The third-order valence-electron chi connectivity index (χ3n) is 3.76. The summed E-state index contributed by atoms with van der Waals surface area (Å²) in [7, 11) is 0. The molecule has 1 rings (SSSR count). The third-order valence-corrected chi connectivity index (χ3v) is 3.76. The molecule has 3 heteroatoms. The lowest BCUT2D eigenvalue weighted by Gasteiger charge is -2.17. The fourth-order valence-corrected chi connectivity index (χ4v) is 1.89. The van der Waals surface area contributed by atoms with Crippen LogP contribution < -0.4 is 10.1 Å². The van der Waals surface area contributed by atoms with Crippen LogP contribution in [-0.2, 0) is 4.79 Å². The van der Waals surface area contributed by atoms with E-state index in [0.29, 0.717) is 5.92 Å². The average Bonchev–Trinajstić information content (AvgIpc) is 2.46. The largest absolute Gasteiger partial charge is 0.494 e. The van der Waals surface area contributed by atoms with Crippen molar-refractivity contribution in [2.75, 3.05) is 6.61 Å². The van der Waals surface area contributed by atoms with Gasteiger partial charge in [-0.1, -0.05) is 39.8 Å². The van der Waals surface area contributed by atoms with E-state index in [1.807, 2.05) is 45.0 Å². The maximum atomic E-state index is 11.9. The van der Waals surface area contributed by atoms with E-state index in [1.54, 1.807) is 0 Å². The van der Waals surface area contributed by atoms with Crippen LogP contribution in [0.3, 0.4) is 0 Å². The fourth-order valence-electron chi connectivity index (χ4n) is 1.89. The number of rotatable bonds is 8. The summed E-state index contributed by atoms with van der Waals surface area (Å²) >= 11 is 0. The Labute approximate surface area is 129 Å². The number of benzene rings is 1. The summed E-state index contributed by atoms with van der Waals surface area (Å²) in [5.41, 5.74) is 1.10. The van der Waals surface area contributed by atoms with Gasteiger partial charge < -0.3 is 10.1 Å². The van der Waals surface area contributed by atoms with E-state index in [2.05, 4.69) is 19.2 Å². The maximum absolute atomic E-state index is 11.9. The van der Waals surface area contributed by atoms with Crippen LogP contribution >= 0.6 is 0 Å². The molecule has 0 bridgehead atoms. The molecule has 0 saturated heterocycles. The summed E-state index contributed by atoms with van der Waals surface area (Å²) in [5, 5.41) is 3.04. The molecule has 0 heterocycles. The lowest BCUT2D eigenvalue weighted by molar-refractivity contribution is -0.125. The minimum Gasteiger partial charge on any atom is -0.494 e. The van der Waals surface area contributed by atoms with Crippen LogP contribution in [0.1, 0.15) is 59.1 Å². The summed E-state index contributed by atoms with van der Waals surface area (Å²) in [6.45, 7) is 11.1. The van der Waals surface area contributed by atoms with Crippen molar-refractivity contribution in [2.24, 2.45) is 11.8 Å². The second-order valence-electron chi connectivity index (χ2n) is 6.14. The SMILES string of the molecule is CCC(C)C(=O)NC(C)c1ccc(OCCC(C)C)cc1. The lowest BCUT2D eigenvalue weighted by atomic mass is 10.1. The highest BCUT2D eigenvalue weighted by Gasteiger charge is 2.14. The molecule has 0 aliphatic heterocycles. The molecule has 3 nitrogen and oxygen atoms in total. The standard InChI is InChI=1S/C18H29NO2/c1-6-14(4)18(20)19-15(5)16-7-9-17(10-8-16)21-12-11-13(2)3/h7-10,13-15H,6,11-12H2,1-5H3,(H,19,20). The summed E-state index contributed by atoms with van der Waals surface area (Å²) in [6, 6.07) is 8.01. The second kappa shape index (κ2) is 8.71. The first-order chi connectivity index (χ1) is 9.93. The van der Waals surface area contributed by atoms with Crippen LogP contribution in [0.25, 0.3) is 0 Å². The van der Waals surface area contributed by atoms with Crippen LogP contribution in [0.5, 0.6) is 5.75 Å². The normalized spacial score (nSPS) is 13.8. The first kappa shape index (κ1) is 17.5. The molecule has 0 aliphatic rings. The molecule has 0 fully saturated rings. The molecule has 118 valence electrons. The van der Waals surface area contributed by atoms with Crippen molar-refractivity contribution in [3.63, 3.8) is 0 Å². The molecule has 1 aromatic carbocycles. The number of carbonyl (C=O) groups is 1. The molecular formula is C18H29NO2. The van der Waals surface area contributed by atoms with Crippen molar-refractivity contribution in [3.05, 3.63) is 29.8 Å². The highest BCUT2D eigenvalue weighted by Crippen LogP contribution is 2.18. The molecule has 2 atom stereocenters. The first-order valence-electron chi connectivity index (χ1n) is 7.97. The van der Waals surface area contributed by atoms with Gasteiger partial charge in [-0.05, 0) is 43.4 Å². The molecule has 0 aromatic heterocycles. The van der Waals surface area contributed by atoms with Crippen molar-refractivity contribution in [1.82, 2.24) is 5.32 Å². The van der Waals surface area contributed by atoms with Gasteiger partial charge in [0.25, 0.3) is 0 Å². The fraction of sp³-hybridized carbons (Fsp3) is 0.611. The molecule has 0 spiro atoms. The van der Waals surface area contributed by atoms with E-state index in [4.69, 9.17) is 4.74 Å². The molecule has 0 radical (unpaired) electrons. The monoisotopic (exact) mass is 291 g/mol. The Morgan fingerprint density at radius 2 is 1.76 bits per heavy atom. The minimum absolute atomic E-state index is 0.0243. The molecule has 1 N–H and O–H groups in total. The van der Waals surface area contributed by atoms with Gasteiger partial charge in [0.1, 0.15) is 5.75 Å². The number of carbonyl (C=O) groups excluding carboxylic acids is 1. The maximum Gasteiger partial charge on any atom is 0.223 e. The lowest BCUT2D eigenvalue weighted by Crippen LogP contribution is -2.31. The summed E-state index contributed by atoms with van der Waals surface area (Å²) in [5.74, 6) is 1.72. The highest BCUT2D eigenvalue weighted by atomic mass is 16.5. The van der Waals surface area contributed by atoms with Gasteiger partial charge in [0, 0.05) is 5.92 Å². The Kier molecular flexibility index (Phi) is 7.27. The zero-order chi connectivity index (χ0) is 15.8. The number of nitrogens with one attached hydrogen (secondary N) is 1. The number of ether oxygens (including phenoxy) is 1. The molecule has 0 saturated carbocycles. The van der Waals surface area contributed by atoms with Crippen molar-refractivity contribution in [1.29, 1.82) is 0 Å². The van der Waals surface area contributed by atoms with E-state index in [1.165, 1.54) is 0 Å². The molecular weight excluding hydrogens is 262 g/mol. The minimum atomic E-state index is 0.0243. The van der Waals surface area contributed by atoms with E-state index in [9.17, 15) is 4.79 Å². The zero-order valence-electron chi connectivity index (χ0n) is 14.0. The van der Waals surface area contributed by atoms with E-state index in [-0.39, 0.29) is 17.9 Å². The van der Waals surface area contributed by atoms with Gasteiger partial charge in [-0.2, -0.15) is 0 Å². The Bertz CT molecular complexity index is 425. The van der Waals surface area contributed by atoms with Crippen LogP contribution in [0.15, 0.2) is 24.3 Å². The quantitative estimate of drug-likeness (QED) is 0.774. The van der Waals surface area contributed by atoms with Crippen LogP contribution in [0.4, 0.5) is 0 Å². The van der Waals surface area contributed by atoms with E-state index >= 15 is 0 Å². The zero-order valence-corrected chi connectivity index (χ0v) is 14.0. The van der Waals surface area contributed by atoms with Gasteiger partial charge in [-0.3, -0.25) is 4.79 Å². The summed E-state index contributed by atoms with van der Waals surface area (Å²) < 4.78 is 5.70. The van der Waals surface area contributed by atoms with Gasteiger partial charge in [-0.25, -0.2) is 0 Å². The van der Waals surface area contributed by atoms with Gasteiger partial charge in [-0.15, -0.1) is 0 Å². The van der Waals surface area contributed by atoms with Crippen LogP contribution in [-0.4, -0.2) is 12.5 Å². The average molecular weight is 291 g/mol. The Balaban J connectivity index is 2.51. The third kappa shape index (κ3) is 6.19. The second-order valence-corrected chi connectivity index (χ2v) is 6.14. The molecule has 1 aromatic rings. The smallest absolute Gasteiger partial charge is 0.223 e. The molecule has 2 unspecified atom stereocenters. The van der Waals surface area contributed by atoms with Crippen molar-refractivity contribution >= 4 is 5.91 Å². The van der Waals surface area contributed by atoms with Gasteiger partial charge in [0.05, 0.1) is 12.6 Å². The molecule has 0 aliphatic carbocycles. The number of hydrogen-bond donors (Lipinski definition) is 1. The molecule has 21 heavy (non-hydrogen) atoms. The predicted molar refractivity (Wildman–Crippen MR) is 87.4 cm³/mol. The number of amides is 1. The summed E-state index contributed by atoms with van der Waals surface area (Å²) in [6.07, 6.45) is 1.92. The topological polar surface area (TPSA) is 38.3 Å². The Morgan fingerprint density at radius 1 is 1.14 bits per heavy atom. The Hall–Kier alpha value is -1.51. The van der Waals surface area contributed by atoms with Crippen LogP contribution in [0.2, 0.25) is 0 Å². The molecule has 1 amide bonds. The van der Waals surface area contributed by atoms with Gasteiger partial charge >= 0.3 is 0 Å². The predicted octanol–water partition coefficient (Wildman–Crippen LogP) is 4.33. The number of hydrogen-bond acceptors (Lipinski definition) is 2. The van der Waals surface area contributed by atoms with Crippen molar-refractivity contribution < 1.29 is 9.53 Å². The first-order valence-corrected chi connectivity index (χ1v) is 7.97. The van der Waals surface area contributed by atoms with Crippen molar-refractivity contribution in [2.45, 2.75) is 53.5 Å². The highest BCUT2D eigenvalue weighted by molar-refractivity contribution is 5.78. The van der Waals surface area contributed by atoms with Gasteiger partial charge in [0.2, 0.25) is 5.91 Å². The van der Waals surface area contributed by atoms with E-state index < -0.39 is 0 Å². The van der Waals surface area contributed by atoms with E-state index in [0.717, 1.165) is 30.8 Å². The van der Waals surface area contributed by atoms with Gasteiger partial charge in [0.15, 0.2) is 0 Å². The van der Waals surface area contributed by atoms with Crippen LogP contribution in [0, 0.1) is 11.8 Å².